The molecular formula is C19H38O2S. The lowest BCUT2D eigenvalue weighted by atomic mass is 9.97. The number of ether oxygens (including phenoxy) is 1. The number of unbranched alkanes of at least 4 members (excludes halogenated alkanes) is 4. The van der Waals surface area contributed by atoms with Crippen LogP contribution in [0.25, 0.3) is 0 Å². The van der Waals surface area contributed by atoms with E-state index in [9.17, 15) is 4.79 Å². The van der Waals surface area contributed by atoms with Crippen LogP contribution in [0.4, 0.5) is 0 Å². The molecule has 0 N–H and O–H groups in total. The van der Waals surface area contributed by atoms with Crippen molar-refractivity contribution in [3.8, 4) is 0 Å². The van der Waals surface area contributed by atoms with Gasteiger partial charge in [0.15, 0.2) is 0 Å². The van der Waals surface area contributed by atoms with Gasteiger partial charge in [0.1, 0.15) is 5.60 Å². The van der Waals surface area contributed by atoms with E-state index in [2.05, 4.69) is 40.3 Å². The fourth-order valence-electron chi connectivity index (χ4n) is 2.56. The van der Waals surface area contributed by atoms with Crippen molar-refractivity contribution in [2.45, 2.75) is 98.0 Å². The lowest BCUT2D eigenvalue weighted by molar-refractivity contribution is -0.134. The predicted octanol–water partition coefficient (Wildman–Crippen LogP) is 6.04. The van der Waals surface area contributed by atoms with E-state index in [0.717, 1.165) is 31.1 Å². The van der Waals surface area contributed by atoms with E-state index in [4.69, 9.17) is 4.74 Å². The van der Waals surface area contributed by atoms with Gasteiger partial charge in [-0.25, -0.2) is 0 Å². The highest BCUT2D eigenvalue weighted by Gasteiger charge is 2.30. The lowest BCUT2D eigenvalue weighted by Crippen LogP contribution is -2.36. The van der Waals surface area contributed by atoms with Crippen molar-refractivity contribution < 1.29 is 9.53 Å². The first-order valence-electron chi connectivity index (χ1n) is 9.15. The summed E-state index contributed by atoms with van der Waals surface area (Å²) in [6.07, 6.45) is 10.3. The molecule has 3 heteroatoms. The molecule has 0 aromatic rings. The molecule has 1 unspecified atom stereocenters. The molecule has 2 nitrogen and oxygen atoms in total. The second-order valence-electron chi connectivity index (χ2n) is 7.62. The van der Waals surface area contributed by atoms with Crippen LogP contribution in [0.5, 0.6) is 0 Å². The van der Waals surface area contributed by atoms with Crippen molar-refractivity contribution in [2.75, 3.05) is 6.61 Å². The van der Waals surface area contributed by atoms with Gasteiger partial charge in [-0.1, -0.05) is 72.6 Å². The summed E-state index contributed by atoms with van der Waals surface area (Å²) < 4.78 is 5.90. The molecule has 0 rings (SSSR count). The highest BCUT2D eigenvalue weighted by Crippen LogP contribution is 2.24. The fraction of sp³-hybridized carbons (Fsp3) is 0.947. The number of carbonyl (C=O) groups is 1. The van der Waals surface area contributed by atoms with Crippen molar-refractivity contribution in [1.82, 2.24) is 0 Å². The number of hydrogen-bond donors (Lipinski definition) is 1. The minimum atomic E-state index is -0.695. The maximum Gasteiger partial charge on any atom is 0.217 e. The Morgan fingerprint density at radius 2 is 1.41 bits per heavy atom. The number of thiol groups is 1. The Bertz CT molecular complexity index is 289. The third-order valence-corrected chi connectivity index (χ3v) is 4.71. The Kier molecular flexibility index (Phi) is 12.4. The summed E-state index contributed by atoms with van der Waals surface area (Å²) in [6, 6.07) is 0. The zero-order valence-corrected chi connectivity index (χ0v) is 16.4. The Hall–Kier alpha value is -0.0200. The van der Waals surface area contributed by atoms with Crippen molar-refractivity contribution >= 4 is 17.7 Å². The van der Waals surface area contributed by atoms with Crippen LogP contribution in [0.1, 0.15) is 92.4 Å². The maximum absolute atomic E-state index is 11.8. The van der Waals surface area contributed by atoms with E-state index < -0.39 is 5.60 Å². The molecule has 0 saturated carbocycles. The second kappa shape index (κ2) is 12.4. The van der Waals surface area contributed by atoms with Crippen molar-refractivity contribution in [3.05, 3.63) is 0 Å². The molecule has 0 fully saturated rings. The molecule has 0 heterocycles. The van der Waals surface area contributed by atoms with Crippen LogP contribution in [0.3, 0.4) is 0 Å². The van der Waals surface area contributed by atoms with E-state index in [1.807, 2.05) is 6.92 Å². The summed E-state index contributed by atoms with van der Waals surface area (Å²) in [5, 5.41) is -0.126. The van der Waals surface area contributed by atoms with Gasteiger partial charge in [-0.3, -0.25) is 4.79 Å². The van der Waals surface area contributed by atoms with Gasteiger partial charge in [0.25, 0.3) is 0 Å². The van der Waals surface area contributed by atoms with Crippen LogP contribution >= 0.6 is 12.6 Å². The fourth-order valence-corrected chi connectivity index (χ4v) is 2.74. The molecule has 0 amide bonds. The summed E-state index contributed by atoms with van der Waals surface area (Å²) in [6.45, 7) is 11.6. The topological polar surface area (TPSA) is 26.3 Å². The third-order valence-electron chi connectivity index (χ3n) is 4.23. The highest BCUT2D eigenvalue weighted by atomic mass is 32.1. The molecule has 0 bridgehead atoms. The molecule has 0 saturated heterocycles. The molecule has 22 heavy (non-hydrogen) atoms. The minimum absolute atomic E-state index is 0.126. The van der Waals surface area contributed by atoms with E-state index in [1.165, 1.54) is 38.5 Å². The SMILES string of the molecule is CC(C)CCCCCOC(C)(CCCCCC(C)C)C(=O)S. The highest BCUT2D eigenvalue weighted by molar-refractivity contribution is 7.96. The standard InChI is InChI=1S/C19H38O2S/c1-16(2)12-8-6-10-14-19(5,18(20)22)21-15-11-7-9-13-17(3)4/h16-17H,6-15H2,1-5H3,(H,20,22). The monoisotopic (exact) mass is 330 g/mol. The van der Waals surface area contributed by atoms with Crippen LogP contribution in [0, 0.1) is 11.8 Å². The molecule has 0 aliphatic heterocycles. The van der Waals surface area contributed by atoms with Crippen LogP contribution in [0.15, 0.2) is 0 Å². The molecule has 0 spiro atoms. The quantitative estimate of drug-likeness (QED) is 0.310. The molecule has 0 aliphatic rings. The number of carbonyl (C=O) groups excluding carboxylic acids is 1. The predicted molar refractivity (Wildman–Crippen MR) is 99.6 cm³/mol. The summed E-state index contributed by atoms with van der Waals surface area (Å²) >= 11 is 4.04. The van der Waals surface area contributed by atoms with Crippen molar-refractivity contribution in [2.24, 2.45) is 11.8 Å². The van der Waals surface area contributed by atoms with Gasteiger partial charge in [0, 0.05) is 6.61 Å². The lowest BCUT2D eigenvalue weighted by Gasteiger charge is -2.26. The third kappa shape index (κ3) is 11.5. The minimum Gasteiger partial charge on any atom is -0.367 e. The first-order chi connectivity index (χ1) is 10.3. The summed E-state index contributed by atoms with van der Waals surface area (Å²) in [4.78, 5) is 11.8. The summed E-state index contributed by atoms with van der Waals surface area (Å²) in [7, 11) is 0. The zero-order chi connectivity index (χ0) is 17.0. The van der Waals surface area contributed by atoms with Gasteiger partial charge in [-0.2, -0.15) is 0 Å². The summed E-state index contributed by atoms with van der Waals surface area (Å²) in [5.74, 6) is 1.54. The van der Waals surface area contributed by atoms with Crippen LogP contribution in [-0.2, 0) is 9.53 Å². The molecule has 0 radical (unpaired) electrons. The maximum atomic E-state index is 11.8. The molecular weight excluding hydrogens is 292 g/mol. The van der Waals surface area contributed by atoms with E-state index in [1.54, 1.807) is 0 Å². The zero-order valence-electron chi connectivity index (χ0n) is 15.5. The first kappa shape index (κ1) is 22.0. The van der Waals surface area contributed by atoms with E-state index >= 15 is 0 Å². The van der Waals surface area contributed by atoms with Crippen LogP contribution < -0.4 is 0 Å². The Morgan fingerprint density at radius 1 is 0.909 bits per heavy atom. The molecule has 0 aromatic carbocycles. The average molecular weight is 331 g/mol. The average Bonchev–Trinajstić information content (AvgIpc) is 2.41. The Morgan fingerprint density at radius 3 is 1.86 bits per heavy atom. The van der Waals surface area contributed by atoms with Crippen LogP contribution in [0.2, 0.25) is 0 Å². The second-order valence-corrected chi connectivity index (χ2v) is 8.03. The van der Waals surface area contributed by atoms with E-state index in [0.29, 0.717) is 6.61 Å². The normalized spacial score (nSPS) is 14.5. The van der Waals surface area contributed by atoms with Gasteiger partial charge >= 0.3 is 0 Å². The van der Waals surface area contributed by atoms with E-state index in [-0.39, 0.29) is 5.12 Å². The number of hydrogen-bond acceptors (Lipinski definition) is 2. The van der Waals surface area contributed by atoms with Gasteiger partial charge in [-0.15, -0.1) is 12.6 Å². The Balaban J connectivity index is 3.88. The first-order valence-corrected chi connectivity index (χ1v) is 9.60. The number of rotatable bonds is 14. The van der Waals surface area contributed by atoms with Crippen molar-refractivity contribution in [3.63, 3.8) is 0 Å². The molecule has 0 aromatic heterocycles. The van der Waals surface area contributed by atoms with Crippen molar-refractivity contribution in [1.29, 1.82) is 0 Å². The van der Waals surface area contributed by atoms with Gasteiger partial charge in [-0.05, 0) is 31.6 Å². The molecule has 1 atom stereocenters. The van der Waals surface area contributed by atoms with Gasteiger partial charge in [0.05, 0.1) is 0 Å². The van der Waals surface area contributed by atoms with Crippen LogP contribution in [-0.4, -0.2) is 17.3 Å². The molecule has 0 aliphatic carbocycles. The van der Waals surface area contributed by atoms with Gasteiger partial charge in [0.2, 0.25) is 5.12 Å². The van der Waals surface area contributed by atoms with Gasteiger partial charge < -0.3 is 4.74 Å². The smallest absolute Gasteiger partial charge is 0.217 e. The molecule has 132 valence electrons. The largest absolute Gasteiger partial charge is 0.367 e. The summed E-state index contributed by atoms with van der Waals surface area (Å²) in [5.41, 5.74) is -0.695. The Labute approximate surface area is 144 Å².